The molecular formula is C25H33N6O10PS. The largest absolute Gasteiger partial charge is 0.480 e. The number of nitrogen functional groups attached to an aromatic ring is 1. The number of fused-ring (bicyclic) bond motifs is 1. The fourth-order valence-corrected chi connectivity index (χ4v) is 6.37. The van der Waals surface area contributed by atoms with Crippen molar-refractivity contribution < 1.29 is 43.3 Å². The highest BCUT2D eigenvalue weighted by molar-refractivity contribution is 8.13. The predicted octanol–water partition coefficient (Wildman–Crippen LogP) is 1.01. The van der Waals surface area contributed by atoms with Gasteiger partial charge >= 0.3 is 13.7 Å². The maximum absolute atomic E-state index is 13.7. The first-order valence-electron chi connectivity index (χ1n) is 13.0. The lowest BCUT2D eigenvalue weighted by Crippen LogP contribution is -2.44. The SMILES string of the molecule is CC(C)(C(=O)O)C(=O)SCCOP(=O)(NCc1ccccc1)OC[C@H]1O[C@@H](n2cnc3c(=O)[nH]c(N)nc32)C(C)(O)[C@H]1O. The van der Waals surface area contributed by atoms with Gasteiger partial charge in [-0.05, 0) is 26.3 Å². The highest BCUT2D eigenvalue weighted by atomic mass is 32.2. The summed E-state index contributed by atoms with van der Waals surface area (Å²) in [6.45, 7) is 3.20. The number of H-pyrrole nitrogens is 1. The molecule has 1 aliphatic rings. The number of nitrogens with one attached hydrogen (secondary N) is 2. The minimum atomic E-state index is -4.11. The zero-order chi connectivity index (χ0) is 31.6. The number of aromatic amines is 1. The van der Waals surface area contributed by atoms with Crippen molar-refractivity contribution in [3.05, 3.63) is 52.6 Å². The first-order valence-corrected chi connectivity index (χ1v) is 15.6. The van der Waals surface area contributed by atoms with E-state index in [-0.39, 0.29) is 36.0 Å². The summed E-state index contributed by atoms with van der Waals surface area (Å²) in [5.74, 6) is -1.48. The van der Waals surface area contributed by atoms with E-state index in [1.54, 1.807) is 24.3 Å². The number of nitrogens with two attached hydrogens (primary N) is 1. The molecule has 1 fully saturated rings. The predicted molar refractivity (Wildman–Crippen MR) is 155 cm³/mol. The van der Waals surface area contributed by atoms with Crippen LogP contribution in [0.3, 0.4) is 0 Å². The van der Waals surface area contributed by atoms with E-state index in [1.807, 2.05) is 6.07 Å². The molecule has 2 unspecified atom stereocenters. The number of aliphatic hydroxyl groups excluding tert-OH is 1. The van der Waals surface area contributed by atoms with Crippen molar-refractivity contribution in [3.8, 4) is 0 Å². The number of imidazole rings is 1. The van der Waals surface area contributed by atoms with Crippen LogP contribution in [0.15, 0.2) is 41.5 Å². The molecule has 1 saturated heterocycles. The molecule has 1 aliphatic heterocycles. The highest BCUT2D eigenvalue weighted by Crippen LogP contribution is 2.47. The summed E-state index contributed by atoms with van der Waals surface area (Å²) in [6, 6.07) is 8.96. The minimum Gasteiger partial charge on any atom is -0.480 e. The van der Waals surface area contributed by atoms with Gasteiger partial charge in [0.15, 0.2) is 17.4 Å². The van der Waals surface area contributed by atoms with Gasteiger partial charge in [0.1, 0.15) is 23.2 Å². The third-order valence-corrected chi connectivity index (χ3v) is 9.51. The van der Waals surface area contributed by atoms with Crippen molar-refractivity contribution in [1.29, 1.82) is 0 Å². The van der Waals surface area contributed by atoms with Crippen molar-refractivity contribution in [2.75, 3.05) is 24.7 Å². The summed E-state index contributed by atoms with van der Waals surface area (Å²) in [4.78, 5) is 46.2. The highest BCUT2D eigenvalue weighted by Gasteiger charge is 2.54. The molecule has 0 saturated carbocycles. The molecule has 4 rings (SSSR count). The van der Waals surface area contributed by atoms with Gasteiger partial charge in [-0.25, -0.2) is 14.6 Å². The molecule has 234 valence electrons. The quantitative estimate of drug-likeness (QED) is 0.0868. The lowest BCUT2D eigenvalue weighted by atomic mass is 9.96. The number of carbonyl (C=O) groups is 2. The molecule has 0 amide bonds. The minimum absolute atomic E-state index is 0.0111. The Labute approximate surface area is 249 Å². The number of hydrogen-bond acceptors (Lipinski definition) is 13. The van der Waals surface area contributed by atoms with Crippen LogP contribution < -0.4 is 16.4 Å². The molecule has 3 aromatic rings. The zero-order valence-electron chi connectivity index (χ0n) is 23.5. The van der Waals surface area contributed by atoms with Gasteiger partial charge in [0, 0.05) is 12.3 Å². The molecule has 5 atom stereocenters. The summed E-state index contributed by atoms with van der Waals surface area (Å²) in [5, 5.41) is 33.5. The van der Waals surface area contributed by atoms with E-state index in [0.29, 0.717) is 0 Å². The number of rotatable bonds is 13. The number of carboxylic acids is 1. The van der Waals surface area contributed by atoms with Crippen LogP contribution in [0.1, 0.15) is 32.6 Å². The van der Waals surface area contributed by atoms with Crippen LogP contribution in [-0.4, -0.2) is 82.7 Å². The van der Waals surface area contributed by atoms with Gasteiger partial charge in [0.05, 0.1) is 19.5 Å². The van der Waals surface area contributed by atoms with Crippen LogP contribution in [0, 0.1) is 5.41 Å². The van der Waals surface area contributed by atoms with Crippen LogP contribution in [0.4, 0.5) is 5.95 Å². The van der Waals surface area contributed by atoms with Crippen LogP contribution in [-0.2, 0) is 34.5 Å². The molecule has 0 aliphatic carbocycles. The number of carbonyl (C=O) groups excluding carboxylic acids is 1. The van der Waals surface area contributed by atoms with Crippen LogP contribution in [0.5, 0.6) is 0 Å². The summed E-state index contributed by atoms with van der Waals surface area (Å²) < 4.78 is 32.0. The molecule has 0 radical (unpaired) electrons. The van der Waals surface area contributed by atoms with Gasteiger partial charge < -0.3 is 25.8 Å². The lowest BCUT2D eigenvalue weighted by molar-refractivity contribution is -0.149. The molecule has 2 aromatic heterocycles. The second-order valence-corrected chi connectivity index (χ2v) is 13.4. The third kappa shape index (κ3) is 7.16. The van der Waals surface area contributed by atoms with Crippen LogP contribution in [0.25, 0.3) is 11.2 Å². The Kier molecular flexibility index (Phi) is 9.78. The van der Waals surface area contributed by atoms with Crippen molar-refractivity contribution in [2.24, 2.45) is 5.41 Å². The smallest absolute Gasteiger partial charge is 0.405 e. The molecular weight excluding hydrogens is 607 g/mol. The van der Waals surface area contributed by atoms with Crippen molar-refractivity contribution in [2.45, 2.75) is 51.4 Å². The summed E-state index contributed by atoms with van der Waals surface area (Å²) in [7, 11) is -4.11. The van der Waals surface area contributed by atoms with Crippen molar-refractivity contribution in [3.63, 3.8) is 0 Å². The normalized spacial score (nSPS) is 23.8. The van der Waals surface area contributed by atoms with Gasteiger partial charge in [0.25, 0.3) is 5.56 Å². The Morgan fingerprint density at radius 1 is 1.30 bits per heavy atom. The van der Waals surface area contributed by atoms with Gasteiger partial charge in [-0.15, -0.1) is 0 Å². The first kappa shape index (κ1) is 32.8. The van der Waals surface area contributed by atoms with Crippen molar-refractivity contribution in [1.82, 2.24) is 24.6 Å². The van der Waals surface area contributed by atoms with E-state index in [0.717, 1.165) is 17.3 Å². The third-order valence-electron chi connectivity index (χ3n) is 6.81. The van der Waals surface area contributed by atoms with Gasteiger partial charge in [-0.3, -0.25) is 33.0 Å². The number of nitrogens with zero attached hydrogens (tertiary/aromatic N) is 3. The number of hydrogen-bond donors (Lipinski definition) is 6. The maximum Gasteiger partial charge on any atom is 0.405 e. The van der Waals surface area contributed by atoms with Crippen molar-refractivity contribution >= 4 is 47.7 Å². The standard InChI is InChI=1S/C25H33N6O10PS/c1-24(2,21(34)35)22(36)43-10-9-39-42(38,28-11-14-7-5-4-6-8-14)40-12-15-17(32)25(3,37)20(41-15)31-13-27-16-18(31)29-23(26)30-19(16)33/h4-8,13,15,17,20,32,37H,9-12H2,1-3H3,(H,28,38)(H,34,35)(H3,26,29,30,33)/t15-,17+,20-,25?,42?/m1/s1. The Balaban J connectivity index is 1.46. The molecule has 0 bridgehead atoms. The molecule has 3 heterocycles. The van der Waals surface area contributed by atoms with Gasteiger partial charge in [-0.2, -0.15) is 4.98 Å². The Morgan fingerprint density at radius 3 is 2.67 bits per heavy atom. The topological polar surface area (TPSA) is 241 Å². The number of anilines is 1. The van der Waals surface area contributed by atoms with E-state index in [2.05, 4.69) is 20.0 Å². The molecule has 18 heteroatoms. The van der Waals surface area contributed by atoms with Gasteiger partial charge in [-0.1, -0.05) is 42.1 Å². The fraction of sp³-hybridized carbons (Fsp3) is 0.480. The second kappa shape index (κ2) is 12.8. The van der Waals surface area contributed by atoms with E-state index < -0.39 is 60.4 Å². The number of aromatic nitrogens is 4. The molecule has 7 N–H and O–H groups in total. The Bertz CT molecular complexity index is 1580. The second-order valence-electron chi connectivity index (χ2n) is 10.5. The van der Waals surface area contributed by atoms with E-state index in [9.17, 15) is 34.3 Å². The Morgan fingerprint density at radius 2 is 2.00 bits per heavy atom. The average Bonchev–Trinajstić information content (AvgIpc) is 3.47. The number of ether oxygens (including phenoxy) is 1. The Hall–Kier alpha value is -3.15. The lowest BCUT2D eigenvalue weighted by Gasteiger charge is -2.27. The first-order chi connectivity index (χ1) is 20.2. The van der Waals surface area contributed by atoms with E-state index in [1.165, 1.54) is 31.7 Å². The summed E-state index contributed by atoms with van der Waals surface area (Å²) in [6.07, 6.45) is -2.85. The molecule has 0 spiro atoms. The number of thioether (sulfide) groups is 1. The van der Waals surface area contributed by atoms with Gasteiger partial charge in [0.2, 0.25) is 11.1 Å². The monoisotopic (exact) mass is 640 g/mol. The molecule has 16 nitrogen and oxygen atoms in total. The summed E-state index contributed by atoms with van der Waals surface area (Å²) in [5.41, 5.74) is 2.22. The summed E-state index contributed by atoms with van der Waals surface area (Å²) >= 11 is 0.717. The maximum atomic E-state index is 13.7. The van der Waals surface area contributed by atoms with E-state index >= 15 is 0 Å². The molecule has 43 heavy (non-hydrogen) atoms. The number of aliphatic carboxylic acids is 1. The average molecular weight is 641 g/mol. The molecule has 1 aromatic carbocycles. The number of carboxylic acid groups (broad SMARTS) is 1. The number of aliphatic hydroxyl groups is 2. The number of benzene rings is 1. The van der Waals surface area contributed by atoms with Crippen LogP contribution in [0.2, 0.25) is 0 Å². The van der Waals surface area contributed by atoms with Crippen LogP contribution >= 0.6 is 19.5 Å². The zero-order valence-corrected chi connectivity index (χ0v) is 25.2. The fourth-order valence-electron chi connectivity index (χ4n) is 4.14. The van der Waals surface area contributed by atoms with E-state index in [4.69, 9.17) is 19.5 Å².